The normalized spacial score (nSPS) is 10.5. The smallest absolute Gasteiger partial charge is 0.276 e. The monoisotopic (exact) mass is 388 g/mol. The molecule has 10 heteroatoms. The quantitative estimate of drug-likeness (QED) is 0.534. The minimum Gasteiger partial charge on any atom is -0.340 e. The van der Waals surface area contributed by atoms with Gasteiger partial charge in [0.15, 0.2) is 0 Å². The lowest BCUT2D eigenvalue weighted by Gasteiger charge is -2.09. The van der Waals surface area contributed by atoms with Gasteiger partial charge in [-0.25, -0.2) is 19.6 Å². The van der Waals surface area contributed by atoms with Crippen LogP contribution in [0.1, 0.15) is 10.5 Å². The van der Waals surface area contributed by atoms with Crippen LogP contribution in [0, 0.1) is 0 Å². The molecule has 0 spiro atoms. The summed E-state index contributed by atoms with van der Waals surface area (Å²) >= 11 is 0. The molecule has 144 valence electrons. The van der Waals surface area contributed by atoms with Crippen LogP contribution in [-0.2, 0) is 7.05 Å². The lowest BCUT2D eigenvalue weighted by atomic mass is 10.2. The van der Waals surface area contributed by atoms with E-state index in [9.17, 15) is 9.59 Å². The summed E-state index contributed by atoms with van der Waals surface area (Å²) in [6, 6.07) is 11.6. The topological polar surface area (TPSA) is 120 Å². The van der Waals surface area contributed by atoms with Gasteiger partial charge in [-0.05, 0) is 30.3 Å². The molecule has 1 amide bonds. The van der Waals surface area contributed by atoms with Gasteiger partial charge < -0.3 is 10.6 Å². The summed E-state index contributed by atoms with van der Waals surface area (Å²) in [6.45, 7) is 0. The van der Waals surface area contributed by atoms with Crippen LogP contribution in [-0.4, -0.2) is 35.2 Å². The molecule has 0 atom stereocenters. The largest absolute Gasteiger partial charge is 0.340 e. The molecule has 0 unspecified atom stereocenters. The van der Waals surface area contributed by atoms with Crippen molar-refractivity contribution in [2.24, 2.45) is 7.05 Å². The Morgan fingerprint density at radius 2 is 1.83 bits per heavy atom. The Morgan fingerprint density at radius 3 is 2.55 bits per heavy atom. The number of rotatable bonds is 5. The third kappa shape index (κ3) is 4.16. The van der Waals surface area contributed by atoms with E-state index in [2.05, 4.69) is 30.7 Å². The molecule has 0 saturated heterocycles. The second-order valence-corrected chi connectivity index (χ2v) is 6.07. The van der Waals surface area contributed by atoms with E-state index in [1.54, 1.807) is 41.5 Å². The van der Waals surface area contributed by atoms with E-state index in [0.717, 1.165) is 10.4 Å². The Balaban J connectivity index is 1.44. The molecule has 4 rings (SSSR count). The minimum absolute atomic E-state index is 0.155. The van der Waals surface area contributed by atoms with Gasteiger partial charge in [0.2, 0.25) is 0 Å². The van der Waals surface area contributed by atoms with Crippen molar-refractivity contribution in [2.75, 3.05) is 10.6 Å². The predicted molar refractivity (Wildman–Crippen MR) is 106 cm³/mol. The molecule has 0 aliphatic heterocycles. The fourth-order valence-corrected chi connectivity index (χ4v) is 2.55. The number of carbonyl (C=O) groups is 1. The Morgan fingerprint density at radius 1 is 1.03 bits per heavy atom. The highest BCUT2D eigenvalue weighted by atomic mass is 16.2. The van der Waals surface area contributed by atoms with Crippen LogP contribution in [0.4, 0.5) is 17.2 Å². The molecule has 2 N–H and O–H groups in total. The number of carbonyl (C=O) groups excluding carboxylic acids is 1. The number of anilines is 3. The standard InChI is InChI=1S/C19H16N8O2/c1-26-18(28)7-6-15(25-26)19(29)24-14-4-2-13(3-5-14)23-16-10-17(22-11-21-16)27-9-8-20-12-27/h2-12H,1H3,(H,24,29)(H,21,22,23). The Hall–Kier alpha value is -4.34. The van der Waals surface area contributed by atoms with Crippen LogP contribution in [0.5, 0.6) is 0 Å². The van der Waals surface area contributed by atoms with Crippen molar-refractivity contribution < 1.29 is 4.79 Å². The molecule has 0 bridgehead atoms. The van der Waals surface area contributed by atoms with Gasteiger partial charge in [0.1, 0.15) is 30.0 Å². The summed E-state index contributed by atoms with van der Waals surface area (Å²) in [5.74, 6) is 0.908. The second-order valence-electron chi connectivity index (χ2n) is 6.07. The third-order valence-corrected chi connectivity index (χ3v) is 4.03. The molecule has 0 aliphatic carbocycles. The molecule has 0 saturated carbocycles. The van der Waals surface area contributed by atoms with Gasteiger partial charge in [-0.2, -0.15) is 5.10 Å². The summed E-state index contributed by atoms with van der Waals surface area (Å²) in [4.78, 5) is 36.1. The van der Waals surface area contributed by atoms with Gasteiger partial charge in [-0.3, -0.25) is 14.2 Å². The summed E-state index contributed by atoms with van der Waals surface area (Å²) < 4.78 is 2.89. The van der Waals surface area contributed by atoms with Gasteiger partial charge in [0.25, 0.3) is 11.5 Å². The van der Waals surface area contributed by atoms with Crippen LogP contribution >= 0.6 is 0 Å². The van der Waals surface area contributed by atoms with E-state index >= 15 is 0 Å². The van der Waals surface area contributed by atoms with Crippen LogP contribution < -0.4 is 16.2 Å². The molecular weight excluding hydrogens is 372 g/mol. The van der Waals surface area contributed by atoms with Crippen molar-refractivity contribution in [3.8, 4) is 5.82 Å². The molecule has 0 radical (unpaired) electrons. The molecule has 4 aromatic rings. The Bertz CT molecular complexity index is 1200. The minimum atomic E-state index is -0.401. The Labute approximate surface area is 164 Å². The van der Waals surface area contributed by atoms with E-state index in [-0.39, 0.29) is 11.3 Å². The molecule has 3 heterocycles. The highest BCUT2D eigenvalue weighted by molar-refractivity contribution is 6.02. The van der Waals surface area contributed by atoms with Crippen molar-refractivity contribution in [2.45, 2.75) is 0 Å². The Kier molecular flexibility index (Phi) is 4.81. The molecule has 3 aromatic heterocycles. The number of hydrogen-bond donors (Lipinski definition) is 2. The van der Waals surface area contributed by atoms with Crippen molar-refractivity contribution in [3.05, 3.63) is 83.6 Å². The van der Waals surface area contributed by atoms with Crippen molar-refractivity contribution in [1.29, 1.82) is 0 Å². The van der Waals surface area contributed by atoms with Crippen molar-refractivity contribution >= 4 is 23.1 Å². The van der Waals surface area contributed by atoms with Crippen LogP contribution in [0.3, 0.4) is 0 Å². The maximum absolute atomic E-state index is 12.3. The zero-order valence-electron chi connectivity index (χ0n) is 15.4. The first kappa shape index (κ1) is 18.0. The van der Waals surface area contributed by atoms with E-state index < -0.39 is 5.91 Å². The number of aromatic nitrogens is 6. The van der Waals surface area contributed by atoms with Crippen LogP contribution in [0.25, 0.3) is 5.82 Å². The van der Waals surface area contributed by atoms with Gasteiger partial charge in [-0.1, -0.05) is 0 Å². The van der Waals surface area contributed by atoms with Crippen LogP contribution in [0.2, 0.25) is 0 Å². The number of nitrogens with one attached hydrogen (secondary N) is 2. The first-order valence-corrected chi connectivity index (χ1v) is 8.62. The number of aryl methyl sites for hydroxylation is 1. The van der Waals surface area contributed by atoms with Gasteiger partial charge >= 0.3 is 0 Å². The van der Waals surface area contributed by atoms with Crippen molar-refractivity contribution in [3.63, 3.8) is 0 Å². The van der Waals surface area contributed by atoms with Crippen LogP contribution in [0.15, 0.2) is 72.3 Å². The first-order chi connectivity index (χ1) is 14.1. The number of nitrogens with zero attached hydrogens (tertiary/aromatic N) is 6. The van der Waals surface area contributed by atoms with E-state index in [0.29, 0.717) is 17.3 Å². The molecule has 29 heavy (non-hydrogen) atoms. The summed E-state index contributed by atoms with van der Waals surface area (Å²) in [6.07, 6.45) is 6.59. The van der Waals surface area contributed by atoms with Crippen molar-refractivity contribution in [1.82, 2.24) is 29.3 Å². The highest BCUT2D eigenvalue weighted by Gasteiger charge is 2.09. The second kappa shape index (κ2) is 7.72. The number of benzene rings is 1. The molecule has 0 aliphatic rings. The zero-order valence-corrected chi connectivity index (χ0v) is 15.4. The highest BCUT2D eigenvalue weighted by Crippen LogP contribution is 2.19. The zero-order chi connectivity index (χ0) is 20.2. The predicted octanol–water partition coefficient (Wildman–Crippen LogP) is 1.75. The molecule has 0 fully saturated rings. The molecule has 10 nitrogen and oxygen atoms in total. The maximum Gasteiger partial charge on any atom is 0.276 e. The number of amides is 1. The lowest BCUT2D eigenvalue weighted by Crippen LogP contribution is -2.23. The van der Waals surface area contributed by atoms with Gasteiger partial charge in [-0.15, -0.1) is 0 Å². The summed E-state index contributed by atoms with van der Waals surface area (Å²) in [7, 11) is 1.49. The SMILES string of the molecule is Cn1nc(C(=O)Nc2ccc(Nc3cc(-n4ccnc4)ncn3)cc2)ccc1=O. The van der Waals surface area contributed by atoms with E-state index in [1.807, 2.05) is 12.1 Å². The third-order valence-electron chi connectivity index (χ3n) is 4.03. The maximum atomic E-state index is 12.3. The van der Waals surface area contributed by atoms with Gasteiger partial charge in [0.05, 0.1) is 0 Å². The molecular formula is C19H16N8O2. The number of hydrogen-bond acceptors (Lipinski definition) is 7. The first-order valence-electron chi connectivity index (χ1n) is 8.62. The fraction of sp³-hybridized carbons (Fsp3) is 0.0526. The average molecular weight is 388 g/mol. The van der Waals surface area contributed by atoms with E-state index in [1.165, 1.54) is 25.5 Å². The molecule has 1 aromatic carbocycles. The summed E-state index contributed by atoms with van der Waals surface area (Å²) in [5, 5.41) is 9.86. The fourth-order valence-electron chi connectivity index (χ4n) is 2.55. The van der Waals surface area contributed by atoms with Gasteiger partial charge in [0, 0.05) is 42.9 Å². The lowest BCUT2D eigenvalue weighted by molar-refractivity contribution is 0.102. The number of imidazole rings is 1. The summed E-state index contributed by atoms with van der Waals surface area (Å²) in [5.41, 5.74) is 1.26. The van der Waals surface area contributed by atoms with E-state index in [4.69, 9.17) is 0 Å². The average Bonchev–Trinajstić information content (AvgIpc) is 3.27.